The van der Waals surface area contributed by atoms with E-state index in [2.05, 4.69) is 104 Å². The molecule has 0 atom stereocenters. The van der Waals surface area contributed by atoms with Gasteiger partial charge in [0.1, 0.15) is 0 Å². The standard InChI is InChI=1S/C15H20.C6H10.I2/c1-9-10(2)12(4)14-13(11(9)3)7-8-15(14,5)6;1-5(2)6(3)4;1-2/h7-8H,1-6H3;1,3H2,2,4H3;. The van der Waals surface area contributed by atoms with Crippen molar-refractivity contribution in [1.82, 2.24) is 0 Å². The van der Waals surface area contributed by atoms with E-state index in [4.69, 9.17) is 0 Å². The SMILES string of the molecule is C=C(C)C(=C)C.Cc1c(C)c(C)c2c(c1C)C=CC2(C)C.II. The van der Waals surface area contributed by atoms with Gasteiger partial charge in [0.05, 0.1) is 0 Å². The van der Waals surface area contributed by atoms with Crippen LogP contribution in [0.15, 0.2) is 30.4 Å². The fourth-order valence-corrected chi connectivity index (χ4v) is 2.76. The van der Waals surface area contributed by atoms with Crippen molar-refractivity contribution in [2.75, 3.05) is 0 Å². The molecule has 0 aliphatic heterocycles. The Morgan fingerprint density at radius 2 is 1.22 bits per heavy atom. The Morgan fingerprint density at radius 3 is 1.61 bits per heavy atom. The van der Waals surface area contributed by atoms with Crippen LogP contribution in [0.1, 0.15) is 61.1 Å². The number of allylic oxidation sites excluding steroid dienone is 3. The van der Waals surface area contributed by atoms with Crippen molar-refractivity contribution < 1.29 is 0 Å². The predicted octanol–water partition coefficient (Wildman–Crippen LogP) is 8.13. The Morgan fingerprint density at radius 1 is 0.826 bits per heavy atom. The molecule has 1 aliphatic rings. The molecule has 0 aromatic heterocycles. The fourth-order valence-electron chi connectivity index (χ4n) is 2.76. The van der Waals surface area contributed by atoms with Crippen molar-refractivity contribution in [3.63, 3.8) is 0 Å². The molecule has 2 rings (SSSR count). The molecule has 0 bridgehead atoms. The first-order chi connectivity index (χ1) is 10.5. The van der Waals surface area contributed by atoms with E-state index in [-0.39, 0.29) is 5.41 Å². The summed E-state index contributed by atoms with van der Waals surface area (Å²) >= 11 is 4.24. The molecule has 0 unspecified atom stereocenters. The van der Waals surface area contributed by atoms with Gasteiger partial charge >= 0.3 is 0 Å². The second-order valence-corrected chi connectivity index (χ2v) is 6.90. The third-order valence-electron chi connectivity index (χ3n) is 4.78. The predicted molar refractivity (Wildman–Crippen MR) is 125 cm³/mol. The van der Waals surface area contributed by atoms with Crippen LogP contribution >= 0.6 is 37.2 Å². The summed E-state index contributed by atoms with van der Waals surface area (Å²) in [4.78, 5) is 0. The maximum Gasteiger partial charge on any atom is 0.00873 e. The first-order valence-corrected chi connectivity index (χ1v) is 14.0. The number of hydrogen-bond donors (Lipinski definition) is 0. The summed E-state index contributed by atoms with van der Waals surface area (Å²) in [6.07, 6.45) is 4.63. The summed E-state index contributed by atoms with van der Waals surface area (Å²) in [6, 6.07) is 0. The van der Waals surface area contributed by atoms with E-state index in [0.717, 1.165) is 11.1 Å². The molecule has 2 heteroatoms. The van der Waals surface area contributed by atoms with Crippen molar-refractivity contribution in [2.45, 2.75) is 60.8 Å². The molecule has 1 aromatic rings. The number of rotatable bonds is 1. The molecular formula is C21H30I2. The van der Waals surface area contributed by atoms with Crippen molar-refractivity contribution in [2.24, 2.45) is 0 Å². The van der Waals surface area contributed by atoms with Gasteiger partial charge in [0.25, 0.3) is 0 Å². The molecule has 0 nitrogen and oxygen atoms in total. The van der Waals surface area contributed by atoms with Gasteiger partial charge in [-0.1, -0.05) is 50.3 Å². The van der Waals surface area contributed by atoms with Crippen LogP contribution in [0.3, 0.4) is 0 Å². The number of benzene rings is 1. The summed E-state index contributed by atoms with van der Waals surface area (Å²) in [5.41, 5.74) is 11.2. The topological polar surface area (TPSA) is 0 Å². The molecule has 0 saturated carbocycles. The maximum absolute atomic E-state index is 3.66. The number of hydrogen-bond acceptors (Lipinski definition) is 0. The molecule has 23 heavy (non-hydrogen) atoms. The van der Waals surface area contributed by atoms with Crippen LogP contribution < -0.4 is 0 Å². The summed E-state index contributed by atoms with van der Waals surface area (Å²) in [5, 5.41) is 0. The third-order valence-corrected chi connectivity index (χ3v) is 4.78. The van der Waals surface area contributed by atoms with Crippen LogP contribution in [0, 0.1) is 27.7 Å². The van der Waals surface area contributed by atoms with Crippen LogP contribution in [0.2, 0.25) is 0 Å². The van der Waals surface area contributed by atoms with Crippen molar-refractivity contribution >= 4 is 43.3 Å². The lowest BCUT2D eigenvalue weighted by Gasteiger charge is -2.24. The van der Waals surface area contributed by atoms with Gasteiger partial charge < -0.3 is 0 Å². The molecule has 0 radical (unpaired) electrons. The minimum atomic E-state index is 0.211. The number of fused-ring (bicyclic) bond motifs is 1. The first-order valence-electron chi connectivity index (χ1n) is 7.76. The highest BCUT2D eigenvalue weighted by Crippen LogP contribution is 2.41. The number of halogens is 2. The average Bonchev–Trinajstić information content (AvgIpc) is 2.81. The van der Waals surface area contributed by atoms with E-state index in [0.29, 0.717) is 0 Å². The first kappa shape index (κ1) is 22.9. The van der Waals surface area contributed by atoms with E-state index >= 15 is 0 Å². The molecule has 1 aliphatic carbocycles. The minimum absolute atomic E-state index is 0.211. The van der Waals surface area contributed by atoms with Gasteiger partial charge in [-0.3, -0.25) is 0 Å². The molecule has 0 fully saturated rings. The molecular weight excluding hydrogens is 506 g/mol. The zero-order chi connectivity index (χ0) is 18.5. The second kappa shape index (κ2) is 9.40. The molecule has 0 amide bonds. The van der Waals surface area contributed by atoms with E-state index in [1.807, 2.05) is 13.8 Å². The van der Waals surface area contributed by atoms with E-state index in [1.165, 1.54) is 33.4 Å². The lowest BCUT2D eigenvalue weighted by atomic mass is 9.80. The molecule has 128 valence electrons. The summed E-state index contributed by atoms with van der Waals surface area (Å²) in [7, 11) is 0. The Balaban J connectivity index is 0.000000515. The largest absolute Gasteiger partial charge is 0.0959 e. The van der Waals surface area contributed by atoms with Gasteiger partial charge in [0, 0.05) is 42.6 Å². The molecule has 0 N–H and O–H groups in total. The zero-order valence-electron chi connectivity index (χ0n) is 15.8. The molecule has 0 heterocycles. The zero-order valence-corrected chi connectivity index (χ0v) is 20.1. The van der Waals surface area contributed by atoms with E-state index < -0.39 is 0 Å². The Labute approximate surface area is 166 Å². The highest BCUT2D eigenvalue weighted by Gasteiger charge is 2.29. The second-order valence-electron chi connectivity index (χ2n) is 6.90. The quantitative estimate of drug-likeness (QED) is 0.251. The van der Waals surface area contributed by atoms with Crippen LogP contribution in [0.25, 0.3) is 6.08 Å². The molecule has 0 spiro atoms. The monoisotopic (exact) mass is 536 g/mol. The summed E-state index contributed by atoms with van der Waals surface area (Å²) in [5.74, 6) is 0. The summed E-state index contributed by atoms with van der Waals surface area (Å²) < 4.78 is 0. The van der Waals surface area contributed by atoms with Gasteiger partial charge in [0.15, 0.2) is 0 Å². The molecule has 0 saturated heterocycles. The van der Waals surface area contributed by atoms with Crippen LogP contribution in [-0.4, -0.2) is 0 Å². The Kier molecular flexibility index (Phi) is 9.36. The van der Waals surface area contributed by atoms with Crippen LogP contribution in [0.4, 0.5) is 0 Å². The average molecular weight is 536 g/mol. The maximum atomic E-state index is 3.66. The lowest BCUT2D eigenvalue weighted by molar-refractivity contribution is 0.675. The van der Waals surface area contributed by atoms with Gasteiger partial charge in [-0.25, -0.2) is 0 Å². The van der Waals surface area contributed by atoms with Crippen molar-refractivity contribution in [1.29, 1.82) is 0 Å². The summed E-state index contributed by atoms with van der Waals surface area (Å²) in [6.45, 7) is 24.8. The van der Waals surface area contributed by atoms with E-state index in [9.17, 15) is 0 Å². The molecule has 1 aromatic carbocycles. The lowest BCUT2D eigenvalue weighted by Crippen LogP contribution is -2.15. The van der Waals surface area contributed by atoms with Gasteiger partial charge in [-0.2, -0.15) is 0 Å². The van der Waals surface area contributed by atoms with Crippen LogP contribution in [-0.2, 0) is 5.41 Å². The highest BCUT2D eigenvalue weighted by atomic mass is 128. The van der Waals surface area contributed by atoms with E-state index in [1.54, 1.807) is 0 Å². The van der Waals surface area contributed by atoms with Crippen molar-refractivity contribution in [3.8, 4) is 0 Å². The Bertz CT molecular complexity index is 620. The van der Waals surface area contributed by atoms with Gasteiger partial charge in [-0.05, 0) is 74.9 Å². The highest BCUT2D eigenvalue weighted by molar-refractivity contribution is 15.0. The smallest absolute Gasteiger partial charge is 0.00873 e. The third kappa shape index (κ3) is 5.45. The minimum Gasteiger partial charge on any atom is -0.0959 e. The van der Waals surface area contributed by atoms with Gasteiger partial charge in [0.2, 0.25) is 0 Å². The van der Waals surface area contributed by atoms with Gasteiger partial charge in [-0.15, -0.1) is 0 Å². The Hall–Kier alpha value is -0.1000. The van der Waals surface area contributed by atoms with Crippen LogP contribution in [0.5, 0.6) is 0 Å². The fraction of sp³-hybridized carbons (Fsp3) is 0.429. The van der Waals surface area contributed by atoms with Crippen molar-refractivity contribution in [3.05, 3.63) is 63.8 Å². The normalized spacial score (nSPS) is 13.3.